The summed E-state index contributed by atoms with van der Waals surface area (Å²) in [5.74, 6) is -0.0741. The third-order valence-electron chi connectivity index (χ3n) is 2.18. The van der Waals surface area contributed by atoms with Gasteiger partial charge in [-0.05, 0) is 30.7 Å². The van der Waals surface area contributed by atoms with Gasteiger partial charge < -0.3 is 10.6 Å². The standard InChI is InChI=1S/C12H16N4O/c13-5-1-6-16-12(17)10-15-9-4-11-2-7-14-8-3-11/h2-3,7-8,15H,1,4,6,9-10H2,(H,16,17). The van der Waals surface area contributed by atoms with Gasteiger partial charge in [-0.25, -0.2) is 0 Å². The van der Waals surface area contributed by atoms with Crippen LogP contribution in [0.4, 0.5) is 0 Å². The summed E-state index contributed by atoms with van der Waals surface area (Å²) in [5.41, 5.74) is 1.19. The van der Waals surface area contributed by atoms with Crippen LogP contribution < -0.4 is 10.6 Å². The lowest BCUT2D eigenvalue weighted by molar-refractivity contribution is -0.120. The third kappa shape index (κ3) is 6.28. The molecule has 1 aromatic rings. The molecule has 0 aliphatic rings. The number of nitrogens with one attached hydrogen (secondary N) is 2. The van der Waals surface area contributed by atoms with E-state index in [1.54, 1.807) is 12.4 Å². The zero-order chi connectivity index (χ0) is 12.3. The Morgan fingerprint density at radius 1 is 1.35 bits per heavy atom. The highest BCUT2D eigenvalue weighted by molar-refractivity contribution is 5.77. The molecule has 1 rings (SSSR count). The summed E-state index contributed by atoms with van der Waals surface area (Å²) in [6.07, 6.45) is 4.73. The van der Waals surface area contributed by atoms with E-state index in [-0.39, 0.29) is 12.5 Å². The summed E-state index contributed by atoms with van der Waals surface area (Å²) in [4.78, 5) is 15.2. The van der Waals surface area contributed by atoms with E-state index in [1.807, 2.05) is 18.2 Å². The smallest absolute Gasteiger partial charge is 0.233 e. The van der Waals surface area contributed by atoms with Crippen molar-refractivity contribution in [2.75, 3.05) is 19.6 Å². The first kappa shape index (κ1) is 13.1. The van der Waals surface area contributed by atoms with Gasteiger partial charge in [-0.15, -0.1) is 0 Å². The second-order valence-electron chi connectivity index (χ2n) is 3.54. The van der Waals surface area contributed by atoms with Gasteiger partial charge in [-0.1, -0.05) is 0 Å². The molecule has 0 aliphatic heterocycles. The molecule has 0 radical (unpaired) electrons. The first-order valence-electron chi connectivity index (χ1n) is 5.56. The Kier molecular flexibility index (Phi) is 6.37. The molecule has 0 spiro atoms. The van der Waals surface area contributed by atoms with Crippen molar-refractivity contribution in [1.82, 2.24) is 15.6 Å². The molecule has 1 aromatic heterocycles. The van der Waals surface area contributed by atoms with Crippen LogP contribution in [0.5, 0.6) is 0 Å². The van der Waals surface area contributed by atoms with Crippen LogP contribution in [0.2, 0.25) is 0 Å². The maximum atomic E-state index is 11.2. The minimum atomic E-state index is -0.0741. The fraction of sp³-hybridized carbons (Fsp3) is 0.417. The largest absolute Gasteiger partial charge is 0.354 e. The number of aromatic nitrogens is 1. The van der Waals surface area contributed by atoms with Crippen LogP contribution in [-0.4, -0.2) is 30.5 Å². The lowest BCUT2D eigenvalue weighted by Gasteiger charge is -2.05. The van der Waals surface area contributed by atoms with Crippen molar-refractivity contribution in [3.05, 3.63) is 30.1 Å². The summed E-state index contributed by atoms with van der Waals surface area (Å²) in [5, 5.41) is 14.0. The molecule has 0 saturated heterocycles. The van der Waals surface area contributed by atoms with Gasteiger partial charge in [0.15, 0.2) is 0 Å². The van der Waals surface area contributed by atoms with E-state index in [4.69, 9.17) is 5.26 Å². The molecule has 1 amide bonds. The monoisotopic (exact) mass is 232 g/mol. The van der Waals surface area contributed by atoms with Crippen LogP contribution in [0.1, 0.15) is 12.0 Å². The number of pyridine rings is 1. The second-order valence-corrected chi connectivity index (χ2v) is 3.54. The molecule has 5 heteroatoms. The molecule has 2 N–H and O–H groups in total. The molecule has 17 heavy (non-hydrogen) atoms. The van der Waals surface area contributed by atoms with Crippen LogP contribution in [0.15, 0.2) is 24.5 Å². The van der Waals surface area contributed by atoms with E-state index >= 15 is 0 Å². The van der Waals surface area contributed by atoms with Gasteiger partial charge >= 0.3 is 0 Å². The topological polar surface area (TPSA) is 77.8 Å². The summed E-state index contributed by atoms with van der Waals surface area (Å²) >= 11 is 0. The minimum Gasteiger partial charge on any atom is -0.354 e. The number of hydrogen-bond donors (Lipinski definition) is 2. The highest BCUT2D eigenvalue weighted by atomic mass is 16.1. The maximum absolute atomic E-state index is 11.2. The van der Waals surface area contributed by atoms with Crippen molar-refractivity contribution in [3.8, 4) is 6.07 Å². The number of nitriles is 1. The number of nitrogens with zero attached hydrogens (tertiary/aromatic N) is 2. The van der Waals surface area contributed by atoms with E-state index in [0.29, 0.717) is 13.0 Å². The van der Waals surface area contributed by atoms with E-state index in [0.717, 1.165) is 13.0 Å². The predicted octanol–water partition coefficient (Wildman–Crippen LogP) is 0.244. The Bertz CT molecular complexity index is 372. The molecule has 0 atom stereocenters. The van der Waals surface area contributed by atoms with Gasteiger partial charge in [0.25, 0.3) is 0 Å². The van der Waals surface area contributed by atoms with Crippen molar-refractivity contribution < 1.29 is 4.79 Å². The van der Waals surface area contributed by atoms with E-state index in [9.17, 15) is 4.79 Å². The van der Waals surface area contributed by atoms with Crippen LogP contribution in [0.3, 0.4) is 0 Å². The first-order chi connectivity index (χ1) is 8.33. The Morgan fingerprint density at radius 2 is 2.12 bits per heavy atom. The third-order valence-corrected chi connectivity index (χ3v) is 2.18. The predicted molar refractivity (Wildman–Crippen MR) is 64.1 cm³/mol. The number of hydrogen-bond acceptors (Lipinski definition) is 4. The summed E-state index contributed by atoms with van der Waals surface area (Å²) in [7, 11) is 0. The average molecular weight is 232 g/mol. The highest BCUT2D eigenvalue weighted by Gasteiger charge is 1.99. The zero-order valence-corrected chi connectivity index (χ0v) is 9.65. The van der Waals surface area contributed by atoms with E-state index < -0.39 is 0 Å². The zero-order valence-electron chi connectivity index (χ0n) is 9.65. The molecule has 5 nitrogen and oxygen atoms in total. The molecule has 0 aliphatic carbocycles. The van der Waals surface area contributed by atoms with E-state index in [1.165, 1.54) is 5.56 Å². The van der Waals surface area contributed by atoms with Gasteiger partial charge in [0, 0.05) is 18.9 Å². The Hall–Kier alpha value is -1.93. The van der Waals surface area contributed by atoms with Gasteiger partial charge in [0.05, 0.1) is 19.0 Å². The summed E-state index contributed by atoms with van der Waals surface area (Å²) in [6.45, 7) is 1.45. The second kappa shape index (κ2) is 8.25. The normalized spacial score (nSPS) is 9.59. The number of carbonyl (C=O) groups is 1. The quantitative estimate of drug-likeness (QED) is 0.660. The lowest BCUT2D eigenvalue weighted by Crippen LogP contribution is -2.35. The van der Waals surface area contributed by atoms with Crippen LogP contribution in [0.25, 0.3) is 0 Å². The SMILES string of the molecule is N#CCCNC(=O)CNCCc1ccncc1. The lowest BCUT2D eigenvalue weighted by atomic mass is 10.2. The highest BCUT2D eigenvalue weighted by Crippen LogP contribution is 1.95. The Balaban J connectivity index is 2.04. The van der Waals surface area contributed by atoms with Crippen molar-refractivity contribution in [3.63, 3.8) is 0 Å². The summed E-state index contributed by atoms with van der Waals surface area (Å²) < 4.78 is 0. The number of amides is 1. The molecule has 0 fully saturated rings. The molecule has 0 unspecified atom stereocenters. The fourth-order valence-electron chi connectivity index (χ4n) is 1.30. The first-order valence-corrected chi connectivity index (χ1v) is 5.56. The molecule has 90 valence electrons. The molecule has 0 saturated carbocycles. The van der Waals surface area contributed by atoms with Crippen molar-refractivity contribution in [1.29, 1.82) is 5.26 Å². The molecular weight excluding hydrogens is 216 g/mol. The molecule has 0 aromatic carbocycles. The maximum Gasteiger partial charge on any atom is 0.233 e. The number of carbonyl (C=O) groups excluding carboxylic acids is 1. The summed E-state index contributed by atoms with van der Waals surface area (Å²) in [6, 6.07) is 5.88. The van der Waals surface area contributed by atoms with Gasteiger partial charge in [-0.3, -0.25) is 9.78 Å². The van der Waals surface area contributed by atoms with Crippen LogP contribution in [0, 0.1) is 11.3 Å². The van der Waals surface area contributed by atoms with Gasteiger partial charge in [0.2, 0.25) is 5.91 Å². The van der Waals surface area contributed by atoms with Crippen LogP contribution >= 0.6 is 0 Å². The van der Waals surface area contributed by atoms with Crippen LogP contribution in [-0.2, 0) is 11.2 Å². The fourth-order valence-corrected chi connectivity index (χ4v) is 1.30. The van der Waals surface area contributed by atoms with E-state index in [2.05, 4.69) is 15.6 Å². The van der Waals surface area contributed by atoms with Crippen molar-refractivity contribution in [2.45, 2.75) is 12.8 Å². The minimum absolute atomic E-state index is 0.0741. The Morgan fingerprint density at radius 3 is 2.82 bits per heavy atom. The van der Waals surface area contributed by atoms with Gasteiger partial charge in [0.1, 0.15) is 0 Å². The van der Waals surface area contributed by atoms with Gasteiger partial charge in [-0.2, -0.15) is 5.26 Å². The number of rotatable bonds is 7. The Labute approximate surface area is 101 Å². The van der Waals surface area contributed by atoms with Crippen molar-refractivity contribution >= 4 is 5.91 Å². The molecule has 1 heterocycles. The molecule has 0 bridgehead atoms. The molecular formula is C12H16N4O. The average Bonchev–Trinajstić information content (AvgIpc) is 2.36. The van der Waals surface area contributed by atoms with Crippen molar-refractivity contribution in [2.24, 2.45) is 0 Å².